The Labute approximate surface area is 197 Å². The lowest BCUT2D eigenvalue weighted by atomic mass is 9.81. The normalized spacial score (nSPS) is 15.3. The van der Waals surface area contributed by atoms with E-state index in [9.17, 15) is 9.59 Å². The molecule has 2 aromatic carbocycles. The third-order valence-corrected chi connectivity index (χ3v) is 6.23. The van der Waals surface area contributed by atoms with Crippen LogP contribution in [0.2, 0.25) is 10.0 Å². The van der Waals surface area contributed by atoms with Crippen molar-refractivity contribution < 1.29 is 14.3 Å². The van der Waals surface area contributed by atoms with Crippen LogP contribution < -0.4 is 0 Å². The summed E-state index contributed by atoms with van der Waals surface area (Å²) in [5, 5.41) is 1.68. The van der Waals surface area contributed by atoms with E-state index < -0.39 is 11.4 Å². The SMILES string of the molecule is CC(C)OC(=O)C1=CN(C(=O)c2ccc(Cl)c(Cl)c2)CC(C)(C)c2c1[nH]c1ccccc21. The number of nitrogens with one attached hydrogen (secondary N) is 1. The summed E-state index contributed by atoms with van der Waals surface area (Å²) < 4.78 is 5.53. The number of carbonyl (C=O) groups is 2. The molecule has 0 unspecified atom stereocenters. The zero-order valence-corrected chi connectivity index (χ0v) is 19.8. The molecule has 0 saturated carbocycles. The van der Waals surface area contributed by atoms with Gasteiger partial charge in [-0.2, -0.15) is 0 Å². The van der Waals surface area contributed by atoms with Crippen LogP contribution in [0.25, 0.3) is 16.5 Å². The number of hydrogen-bond donors (Lipinski definition) is 1. The fourth-order valence-corrected chi connectivity index (χ4v) is 4.47. The molecule has 0 saturated heterocycles. The van der Waals surface area contributed by atoms with Crippen LogP contribution in [-0.2, 0) is 14.9 Å². The average molecular weight is 471 g/mol. The third kappa shape index (κ3) is 4.03. The zero-order valence-electron chi connectivity index (χ0n) is 18.3. The minimum absolute atomic E-state index is 0.277. The number of aromatic amines is 1. The van der Waals surface area contributed by atoms with Crippen LogP contribution in [0.15, 0.2) is 48.7 Å². The molecule has 5 nitrogen and oxygen atoms in total. The van der Waals surface area contributed by atoms with Crippen LogP contribution in [0.4, 0.5) is 0 Å². The third-order valence-electron chi connectivity index (χ3n) is 5.49. The summed E-state index contributed by atoms with van der Waals surface area (Å²) in [4.78, 5) is 31.5. The predicted molar refractivity (Wildman–Crippen MR) is 128 cm³/mol. The number of ether oxygens (including phenoxy) is 1. The molecule has 1 N–H and O–H groups in total. The first kappa shape index (κ1) is 22.4. The Morgan fingerprint density at radius 1 is 1.09 bits per heavy atom. The Bertz CT molecular complexity index is 1260. The number of hydrogen-bond acceptors (Lipinski definition) is 3. The molecule has 0 fully saturated rings. The van der Waals surface area contributed by atoms with Crippen LogP contribution in [0, 0.1) is 0 Å². The topological polar surface area (TPSA) is 62.4 Å². The minimum atomic E-state index is -0.488. The van der Waals surface area contributed by atoms with Crippen molar-refractivity contribution in [2.45, 2.75) is 39.2 Å². The lowest BCUT2D eigenvalue weighted by Crippen LogP contribution is -2.37. The van der Waals surface area contributed by atoms with E-state index in [0.717, 1.165) is 16.5 Å². The van der Waals surface area contributed by atoms with E-state index in [0.29, 0.717) is 33.4 Å². The second-order valence-electron chi connectivity index (χ2n) is 8.86. The van der Waals surface area contributed by atoms with Gasteiger partial charge in [0.25, 0.3) is 5.91 Å². The molecule has 0 aliphatic carbocycles. The molecule has 1 aromatic heterocycles. The monoisotopic (exact) mass is 470 g/mol. The molecule has 3 aromatic rings. The van der Waals surface area contributed by atoms with Crippen LogP contribution in [0.5, 0.6) is 0 Å². The molecule has 0 spiro atoms. The molecule has 4 rings (SSSR count). The fraction of sp³-hybridized carbons (Fsp3) is 0.280. The van der Waals surface area contributed by atoms with Gasteiger partial charge in [0, 0.05) is 34.6 Å². The van der Waals surface area contributed by atoms with Gasteiger partial charge in [0.05, 0.1) is 27.4 Å². The number of aromatic nitrogens is 1. The molecular weight excluding hydrogens is 447 g/mol. The van der Waals surface area contributed by atoms with Crippen LogP contribution >= 0.6 is 23.2 Å². The van der Waals surface area contributed by atoms with Crippen molar-refractivity contribution in [1.82, 2.24) is 9.88 Å². The smallest absolute Gasteiger partial charge is 0.342 e. The van der Waals surface area contributed by atoms with Crippen molar-refractivity contribution in [2.24, 2.45) is 0 Å². The number of H-pyrrole nitrogens is 1. The first-order valence-electron chi connectivity index (χ1n) is 10.4. The highest BCUT2D eigenvalue weighted by Crippen LogP contribution is 2.40. The molecular formula is C25H24Cl2N2O3. The summed E-state index contributed by atoms with van der Waals surface area (Å²) in [6, 6.07) is 12.7. The minimum Gasteiger partial charge on any atom is -0.459 e. The van der Waals surface area contributed by atoms with E-state index in [2.05, 4.69) is 18.8 Å². The van der Waals surface area contributed by atoms with E-state index in [-0.39, 0.29) is 12.0 Å². The highest BCUT2D eigenvalue weighted by atomic mass is 35.5. The van der Waals surface area contributed by atoms with Crippen LogP contribution in [-0.4, -0.2) is 34.4 Å². The van der Waals surface area contributed by atoms with Gasteiger partial charge in [-0.1, -0.05) is 55.2 Å². The summed E-state index contributed by atoms with van der Waals surface area (Å²) in [5.74, 6) is -0.765. The molecule has 1 aliphatic rings. The van der Waals surface area contributed by atoms with Gasteiger partial charge >= 0.3 is 5.97 Å². The van der Waals surface area contributed by atoms with Crippen LogP contribution in [0.1, 0.15) is 49.3 Å². The van der Waals surface area contributed by atoms with E-state index >= 15 is 0 Å². The molecule has 0 radical (unpaired) electrons. The van der Waals surface area contributed by atoms with Gasteiger partial charge in [0.2, 0.25) is 0 Å². The number of para-hydroxylation sites is 1. The molecule has 0 bridgehead atoms. The second-order valence-corrected chi connectivity index (χ2v) is 9.68. The Hall–Kier alpha value is -2.76. The van der Waals surface area contributed by atoms with E-state index in [1.807, 2.05) is 24.3 Å². The van der Waals surface area contributed by atoms with Crippen molar-refractivity contribution >= 4 is 51.6 Å². The number of nitrogens with zero attached hydrogens (tertiary/aromatic N) is 1. The fourth-order valence-electron chi connectivity index (χ4n) is 4.18. The van der Waals surface area contributed by atoms with E-state index in [1.54, 1.807) is 43.1 Å². The highest BCUT2D eigenvalue weighted by molar-refractivity contribution is 6.42. The first-order valence-corrected chi connectivity index (χ1v) is 11.1. The number of amides is 1. The first-order chi connectivity index (χ1) is 15.1. The van der Waals surface area contributed by atoms with Gasteiger partial charge in [-0.15, -0.1) is 0 Å². The summed E-state index contributed by atoms with van der Waals surface area (Å²) in [5.41, 5.74) is 2.81. The molecule has 32 heavy (non-hydrogen) atoms. The average Bonchev–Trinajstić information content (AvgIpc) is 3.06. The van der Waals surface area contributed by atoms with E-state index in [4.69, 9.17) is 27.9 Å². The molecule has 1 aliphatic heterocycles. The van der Waals surface area contributed by atoms with Crippen molar-refractivity contribution in [3.8, 4) is 0 Å². The number of rotatable bonds is 3. The van der Waals surface area contributed by atoms with E-state index in [1.165, 1.54) is 0 Å². The van der Waals surface area contributed by atoms with Gasteiger partial charge in [-0.25, -0.2) is 4.79 Å². The van der Waals surface area contributed by atoms with Crippen LogP contribution in [0.3, 0.4) is 0 Å². The maximum Gasteiger partial charge on any atom is 0.342 e. The van der Waals surface area contributed by atoms with Crippen molar-refractivity contribution in [1.29, 1.82) is 0 Å². The second kappa shape index (κ2) is 8.30. The number of carbonyl (C=O) groups excluding carboxylic acids is 2. The zero-order chi connectivity index (χ0) is 23.2. The lowest BCUT2D eigenvalue weighted by Gasteiger charge is -2.29. The Kier molecular flexibility index (Phi) is 5.82. The summed E-state index contributed by atoms with van der Waals surface area (Å²) in [6.45, 7) is 8.07. The van der Waals surface area contributed by atoms with Crippen molar-refractivity contribution in [2.75, 3.05) is 6.54 Å². The quantitative estimate of drug-likeness (QED) is 0.463. The standard InChI is InChI=1S/C25H24Cl2N2O3/c1-14(2)32-24(31)17-12-29(23(30)15-9-10-18(26)19(27)11-15)13-25(3,4)21-16-7-5-6-8-20(16)28-22(17)21/h5-12,14,28H,13H2,1-4H3. The molecule has 166 valence electrons. The maximum atomic E-state index is 13.4. The van der Waals surface area contributed by atoms with Crippen molar-refractivity contribution in [3.63, 3.8) is 0 Å². The summed E-state index contributed by atoms with van der Waals surface area (Å²) in [7, 11) is 0. The molecule has 1 amide bonds. The van der Waals surface area contributed by atoms with Gasteiger partial charge < -0.3 is 14.6 Å². The van der Waals surface area contributed by atoms with Gasteiger partial charge in [-0.3, -0.25) is 4.79 Å². The van der Waals surface area contributed by atoms with Gasteiger partial charge in [-0.05, 0) is 43.7 Å². The largest absolute Gasteiger partial charge is 0.459 e. The predicted octanol–water partition coefficient (Wildman–Crippen LogP) is 6.20. The Balaban J connectivity index is 1.89. The number of halogens is 2. The molecule has 0 atom stereocenters. The summed E-state index contributed by atoms with van der Waals surface area (Å²) in [6.07, 6.45) is 1.28. The highest BCUT2D eigenvalue weighted by Gasteiger charge is 2.37. The Morgan fingerprint density at radius 2 is 1.81 bits per heavy atom. The molecule has 7 heteroatoms. The number of benzene rings is 2. The maximum absolute atomic E-state index is 13.4. The molecule has 2 heterocycles. The summed E-state index contributed by atoms with van der Waals surface area (Å²) >= 11 is 12.2. The number of fused-ring (bicyclic) bond motifs is 3. The Morgan fingerprint density at radius 3 is 2.50 bits per heavy atom. The van der Waals surface area contributed by atoms with Crippen molar-refractivity contribution in [3.05, 3.63) is 75.5 Å². The van der Waals surface area contributed by atoms with Gasteiger partial charge in [0.15, 0.2) is 0 Å². The number of esters is 1. The van der Waals surface area contributed by atoms with Gasteiger partial charge in [0.1, 0.15) is 0 Å². The lowest BCUT2D eigenvalue weighted by molar-refractivity contribution is -0.140.